The van der Waals surface area contributed by atoms with Crippen LogP contribution in [0.2, 0.25) is 0 Å². The van der Waals surface area contributed by atoms with Gasteiger partial charge in [-0.25, -0.2) is 17.5 Å². The highest BCUT2D eigenvalue weighted by Crippen LogP contribution is 2.31. The highest BCUT2D eigenvalue weighted by atomic mass is 32.2. The van der Waals surface area contributed by atoms with E-state index in [4.69, 9.17) is 0 Å². The lowest BCUT2D eigenvalue weighted by molar-refractivity contribution is -0.115. The molecule has 0 radical (unpaired) electrons. The molecule has 0 aromatic heterocycles. The lowest BCUT2D eigenvalue weighted by Crippen LogP contribution is -2.39. The Balaban J connectivity index is 1.77. The molecule has 5 nitrogen and oxygen atoms in total. The van der Waals surface area contributed by atoms with Crippen LogP contribution >= 0.6 is 0 Å². The Kier molecular flexibility index (Phi) is 5.10. The van der Waals surface area contributed by atoms with Gasteiger partial charge in [0.1, 0.15) is 5.67 Å². The van der Waals surface area contributed by atoms with Crippen molar-refractivity contribution < 1.29 is 17.6 Å². The summed E-state index contributed by atoms with van der Waals surface area (Å²) >= 11 is 0. The minimum Gasteiger partial charge on any atom is -0.326 e. The second-order valence-corrected chi connectivity index (χ2v) is 9.61. The summed E-state index contributed by atoms with van der Waals surface area (Å²) in [5.41, 5.74) is 2.15. The normalized spacial score (nSPS) is 16.1. The first-order chi connectivity index (χ1) is 12.6. The fourth-order valence-corrected chi connectivity index (χ4v) is 3.71. The monoisotopic (exact) mass is 390 g/mol. The molecule has 7 heteroatoms. The number of hydrogen-bond acceptors (Lipinski definition) is 3. The second-order valence-electron chi connectivity index (χ2n) is 7.29. The number of nitrogens with one attached hydrogen (secondary N) is 2. The van der Waals surface area contributed by atoms with Crippen molar-refractivity contribution in [3.63, 3.8) is 0 Å². The molecule has 2 aromatic rings. The fraction of sp³-hybridized carbons (Fsp3) is 0.350. The van der Waals surface area contributed by atoms with Gasteiger partial charge >= 0.3 is 0 Å². The molecule has 1 atom stereocenters. The molecule has 3 rings (SSSR count). The molecule has 0 spiro atoms. The number of fused-ring (bicyclic) bond motifs is 1. The van der Waals surface area contributed by atoms with E-state index in [-0.39, 0.29) is 12.5 Å². The van der Waals surface area contributed by atoms with Crippen molar-refractivity contribution >= 4 is 21.6 Å². The van der Waals surface area contributed by atoms with E-state index in [1.807, 2.05) is 18.2 Å². The van der Waals surface area contributed by atoms with Crippen LogP contribution in [0.3, 0.4) is 0 Å². The molecular formula is C20H23FN2O3S. The van der Waals surface area contributed by atoms with E-state index >= 15 is 0 Å². The zero-order chi connectivity index (χ0) is 19.8. The van der Waals surface area contributed by atoms with Gasteiger partial charge in [-0.05, 0) is 49.1 Å². The van der Waals surface area contributed by atoms with Crippen LogP contribution in [0.1, 0.15) is 31.9 Å². The van der Waals surface area contributed by atoms with Crippen LogP contribution in [0, 0.1) is 0 Å². The van der Waals surface area contributed by atoms with Gasteiger partial charge in [0.25, 0.3) is 0 Å². The van der Waals surface area contributed by atoms with E-state index in [0.717, 1.165) is 22.4 Å². The third-order valence-corrected chi connectivity index (χ3v) is 6.57. The molecule has 0 aliphatic carbocycles. The van der Waals surface area contributed by atoms with Crippen molar-refractivity contribution in [1.82, 2.24) is 4.72 Å². The first-order valence-corrected chi connectivity index (χ1v) is 10.3. The fourth-order valence-electron chi connectivity index (χ4n) is 2.91. The topological polar surface area (TPSA) is 75.3 Å². The van der Waals surface area contributed by atoms with Crippen LogP contribution in [0.15, 0.2) is 42.5 Å². The number of halogens is 1. The number of amides is 1. The quantitative estimate of drug-likeness (QED) is 0.794. The third kappa shape index (κ3) is 4.20. The van der Waals surface area contributed by atoms with Crippen LogP contribution < -0.4 is 10.0 Å². The summed E-state index contributed by atoms with van der Waals surface area (Å²) in [6, 6.07) is 12.7. The van der Waals surface area contributed by atoms with E-state index < -0.39 is 20.9 Å². The van der Waals surface area contributed by atoms with Gasteiger partial charge in [-0.3, -0.25) is 4.79 Å². The van der Waals surface area contributed by atoms with E-state index in [1.165, 1.54) is 6.92 Å². The number of alkyl halides is 1. The number of hydrogen-bond donors (Lipinski definition) is 2. The maximum absolute atomic E-state index is 15.0. The standard InChI is InChI=1S/C20H23FN2O3S/c1-13(2)27(25,26)22-12-20(3,21)17-8-6-14(7-9-17)15-4-5-16-11-19(24)23-18(16)10-15/h4-10,13,22H,11-12H2,1-3H3,(H,23,24)/t20-/m0/s1. The van der Waals surface area contributed by atoms with Gasteiger partial charge in [0.15, 0.2) is 0 Å². The Labute approximate surface area is 159 Å². The number of rotatable bonds is 6. The summed E-state index contributed by atoms with van der Waals surface area (Å²) in [6.07, 6.45) is 0.390. The van der Waals surface area contributed by atoms with Crippen molar-refractivity contribution in [3.8, 4) is 11.1 Å². The Morgan fingerprint density at radius 3 is 2.41 bits per heavy atom. The summed E-state index contributed by atoms with van der Waals surface area (Å²) in [5, 5.41) is 2.20. The van der Waals surface area contributed by atoms with Crippen LogP contribution in [-0.2, 0) is 26.9 Å². The van der Waals surface area contributed by atoms with Gasteiger partial charge in [0, 0.05) is 12.2 Å². The van der Waals surface area contributed by atoms with Crippen molar-refractivity contribution in [1.29, 1.82) is 0 Å². The highest BCUT2D eigenvalue weighted by molar-refractivity contribution is 7.90. The number of carbonyl (C=O) groups is 1. The number of carbonyl (C=O) groups excluding carboxylic acids is 1. The summed E-state index contributed by atoms with van der Waals surface area (Å²) < 4.78 is 41.0. The first kappa shape index (κ1) is 19.5. The minimum atomic E-state index is -3.53. The second kappa shape index (κ2) is 7.05. The summed E-state index contributed by atoms with van der Waals surface area (Å²) in [7, 11) is -3.53. The lowest BCUT2D eigenvalue weighted by Gasteiger charge is -2.22. The average Bonchev–Trinajstić information content (AvgIpc) is 2.99. The van der Waals surface area contributed by atoms with Gasteiger partial charge in [0.05, 0.1) is 11.7 Å². The molecule has 1 aliphatic rings. The Hall–Kier alpha value is -2.25. The van der Waals surface area contributed by atoms with E-state index in [1.54, 1.807) is 38.1 Å². The molecule has 1 amide bonds. The van der Waals surface area contributed by atoms with Gasteiger partial charge in [0.2, 0.25) is 15.9 Å². The van der Waals surface area contributed by atoms with E-state index in [0.29, 0.717) is 12.0 Å². The Morgan fingerprint density at radius 2 is 1.78 bits per heavy atom. The predicted molar refractivity (Wildman–Crippen MR) is 105 cm³/mol. The first-order valence-electron chi connectivity index (χ1n) is 8.79. The number of sulfonamides is 1. The van der Waals surface area contributed by atoms with Gasteiger partial charge in [-0.2, -0.15) is 0 Å². The molecule has 144 valence electrons. The molecule has 0 fully saturated rings. The summed E-state index contributed by atoms with van der Waals surface area (Å²) in [5.74, 6) is -0.0189. The molecule has 1 aliphatic heterocycles. The van der Waals surface area contributed by atoms with Crippen molar-refractivity contribution in [3.05, 3.63) is 53.6 Å². The van der Waals surface area contributed by atoms with Crippen molar-refractivity contribution in [2.24, 2.45) is 0 Å². The molecule has 2 N–H and O–H groups in total. The van der Waals surface area contributed by atoms with Gasteiger partial charge in [-0.15, -0.1) is 0 Å². The predicted octanol–water partition coefficient (Wildman–Crippen LogP) is 3.36. The van der Waals surface area contributed by atoms with Crippen molar-refractivity contribution in [2.45, 2.75) is 38.1 Å². The molecule has 0 saturated heterocycles. The Morgan fingerprint density at radius 1 is 1.15 bits per heavy atom. The number of anilines is 1. The SMILES string of the molecule is CC(C)S(=O)(=O)NC[C@](C)(F)c1ccc(-c2ccc3c(c2)NC(=O)C3)cc1. The highest BCUT2D eigenvalue weighted by Gasteiger charge is 2.29. The maximum atomic E-state index is 15.0. The molecule has 0 bridgehead atoms. The van der Waals surface area contributed by atoms with Gasteiger partial charge < -0.3 is 5.32 Å². The zero-order valence-electron chi connectivity index (χ0n) is 15.5. The number of benzene rings is 2. The molecule has 2 aromatic carbocycles. The smallest absolute Gasteiger partial charge is 0.228 e. The Bertz CT molecular complexity index is 967. The molecule has 27 heavy (non-hydrogen) atoms. The summed E-state index contributed by atoms with van der Waals surface area (Å²) in [6.45, 7) is 4.13. The third-order valence-electron chi connectivity index (χ3n) is 4.78. The molecule has 0 saturated carbocycles. The van der Waals surface area contributed by atoms with Crippen LogP contribution in [-0.4, -0.2) is 26.1 Å². The zero-order valence-corrected chi connectivity index (χ0v) is 16.4. The maximum Gasteiger partial charge on any atom is 0.228 e. The van der Waals surface area contributed by atoms with E-state index in [9.17, 15) is 17.6 Å². The molecule has 0 unspecified atom stereocenters. The molecular weight excluding hydrogens is 367 g/mol. The van der Waals surface area contributed by atoms with Crippen molar-refractivity contribution in [2.75, 3.05) is 11.9 Å². The minimum absolute atomic E-state index is 0.0189. The molecule has 1 heterocycles. The van der Waals surface area contributed by atoms with Crippen LogP contribution in [0.5, 0.6) is 0 Å². The average molecular weight is 390 g/mol. The van der Waals surface area contributed by atoms with Crippen LogP contribution in [0.4, 0.5) is 10.1 Å². The summed E-state index contributed by atoms with van der Waals surface area (Å²) in [4.78, 5) is 11.5. The largest absolute Gasteiger partial charge is 0.326 e. The van der Waals surface area contributed by atoms with E-state index in [2.05, 4.69) is 10.0 Å². The lowest BCUT2D eigenvalue weighted by atomic mass is 9.95. The van der Waals surface area contributed by atoms with Gasteiger partial charge in [-0.1, -0.05) is 36.4 Å². The van der Waals surface area contributed by atoms with Crippen LogP contribution in [0.25, 0.3) is 11.1 Å².